The number of carbonyl (C=O) groups is 1. The number of thioether (sulfide) groups is 1. The first-order chi connectivity index (χ1) is 10.2. The van der Waals surface area contributed by atoms with Crippen molar-refractivity contribution in [1.29, 1.82) is 0 Å². The van der Waals surface area contributed by atoms with Gasteiger partial charge < -0.3 is 14.4 Å². The summed E-state index contributed by atoms with van der Waals surface area (Å²) < 4.78 is 10.5. The molecule has 0 aromatic heterocycles. The van der Waals surface area contributed by atoms with Crippen LogP contribution in [-0.4, -0.2) is 43.4 Å². The van der Waals surface area contributed by atoms with Crippen LogP contribution < -0.4 is 9.47 Å². The summed E-state index contributed by atoms with van der Waals surface area (Å²) in [4.78, 5) is 15.4. The van der Waals surface area contributed by atoms with Gasteiger partial charge in [-0.1, -0.05) is 0 Å². The van der Waals surface area contributed by atoms with Gasteiger partial charge in [-0.2, -0.15) is 0 Å². The van der Waals surface area contributed by atoms with E-state index < -0.39 is 0 Å². The molecule has 1 aromatic carbocycles. The third-order valence-corrected chi connectivity index (χ3v) is 4.76. The molecule has 4 nitrogen and oxygen atoms in total. The van der Waals surface area contributed by atoms with E-state index >= 15 is 0 Å². The molecular weight excluding hydrogens is 286 g/mol. The molecule has 1 aliphatic rings. The summed E-state index contributed by atoms with van der Waals surface area (Å²) in [5.41, 5.74) is 0. The van der Waals surface area contributed by atoms with Gasteiger partial charge in [0, 0.05) is 18.0 Å². The number of piperidine rings is 1. The molecule has 21 heavy (non-hydrogen) atoms. The minimum atomic E-state index is -0.0822. The number of benzene rings is 1. The van der Waals surface area contributed by atoms with Crippen LogP contribution in [0.5, 0.6) is 11.5 Å². The highest BCUT2D eigenvalue weighted by molar-refractivity contribution is 8.00. The Morgan fingerprint density at radius 2 is 1.81 bits per heavy atom. The minimum absolute atomic E-state index is 0.0822. The van der Waals surface area contributed by atoms with E-state index in [-0.39, 0.29) is 11.2 Å². The zero-order valence-corrected chi connectivity index (χ0v) is 13.7. The number of hydrogen-bond donors (Lipinski definition) is 0. The van der Waals surface area contributed by atoms with Gasteiger partial charge in [0.25, 0.3) is 0 Å². The molecule has 0 aliphatic carbocycles. The van der Waals surface area contributed by atoms with Crippen LogP contribution >= 0.6 is 11.8 Å². The summed E-state index contributed by atoms with van der Waals surface area (Å²) in [6.45, 7) is 3.77. The lowest BCUT2D eigenvalue weighted by Gasteiger charge is -2.29. The van der Waals surface area contributed by atoms with Gasteiger partial charge >= 0.3 is 0 Å². The Kier molecular flexibility index (Phi) is 5.79. The maximum absolute atomic E-state index is 12.4. The van der Waals surface area contributed by atoms with Crippen molar-refractivity contribution in [1.82, 2.24) is 4.90 Å². The molecule has 5 heteroatoms. The first kappa shape index (κ1) is 16.0. The van der Waals surface area contributed by atoms with Crippen LogP contribution in [0.15, 0.2) is 23.1 Å². The minimum Gasteiger partial charge on any atom is -0.493 e. The van der Waals surface area contributed by atoms with E-state index in [1.54, 1.807) is 26.0 Å². The topological polar surface area (TPSA) is 38.8 Å². The molecule has 1 aromatic rings. The fourth-order valence-electron chi connectivity index (χ4n) is 2.52. The Balaban J connectivity index is 2.01. The first-order valence-electron chi connectivity index (χ1n) is 7.33. The number of hydrogen-bond acceptors (Lipinski definition) is 4. The predicted molar refractivity (Wildman–Crippen MR) is 85.3 cm³/mol. The molecule has 2 rings (SSSR count). The largest absolute Gasteiger partial charge is 0.493 e. The van der Waals surface area contributed by atoms with E-state index in [9.17, 15) is 4.79 Å². The number of rotatable bonds is 5. The first-order valence-corrected chi connectivity index (χ1v) is 8.21. The Labute approximate surface area is 130 Å². The van der Waals surface area contributed by atoms with Crippen molar-refractivity contribution in [3.63, 3.8) is 0 Å². The van der Waals surface area contributed by atoms with Crippen LogP contribution in [0.25, 0.3) is 0 Å². The maximum Gasteiger partial charge on any atom is 0.235 e. The Bertz CT molecular complexity index is 486. The SMILES string of the molecule is COc1ccc(SC(C)C(=O)N2CCCCC2)cc1OC. The van der Waals surface area contributed by atoms with Crippen molar-refractivity contribution in [3.05, 3.63) is 18.2 Å². The second-order valence-corrected chi connectivity index (χ2v) is 6.58. The highest BCUT2D eigenvalue weighted by atomic mass is 32.2. The highest BCUT2D eigenvalue weighted by Gasteiger charge is 2.23. The molecule has 1 aliphatic heterocycles. The van der Waals surface area contributed by atoms with Gasteiger partial charge in [-0.3, -0.25) is 4.79 Å². The molecule has 0 saturated carbocycles. The normalized spacial score (nSPS) is 16.4. The zero-order valence-electron chi connectivity index (χ0n) is 12.9. The predicted octanol–water partition coefficient (Wildman–Crippen LogP) is 3.20. The molecule has 0 N–H and O–H groups in total. The van der Waals surface area contributed by atoms with Gasteiger partial charge in [0.05, 0.1) is 19.5 Å². The molecule has 1 heterocycles. The van der Waals surface area contributed by atoms with Gasteiger partial charge in [-0.15, -0.1) is 11.8 Å². The molecule has 1 atom stereocenters. The van der Waals surface area contributed by atoms with Crippen molar-refractivity contribution in [2.24, 2.45) is 0 Å². The highest BCUT2D eigenvalue weighted by Crippen LogP contribution is 2.34. The fourth-order valence-corrected chi connectivity index (χ4v) is 3.50. The van der Waals surface area contributed by atoms with Crippen LogP contribution in [0.3, 0.4) is 0 Å². The molecule has 0 bridgehead atoms. The number of carbonyl (C=O) groups excluding carboxylic acids is 1. The van der Waals surface area contributed by atoms with Crippen LogP contribution in [-0.2, 0) is 4.79 Å². The van der Waals surface area contributed by atoms with E-state index in [2.05, 4.69) is 0 Å². The molecule has 0 radical (unpaired) electrons. The van der Waals surface area contributed by atoms with Gasteiger partial charge in [0.2, 0.25) is 5.91 Å². The summed E-state index contributed by atoms with van der Waals surface area (Å²) in [6, 6.07) is 5.76. The average molecular weight is 309 g/mol. The van der Waals surface area contributed by atoms with Crippen LogP contribution in [0.2, 0.25) is 0 Å². The monoisotopic (exact) mass is 309 g/mol. The van der Waals surface area contributed by atoms with Crippen molar-refractivity contribution < 1.29 is 14.3 Å². The second-order valence-electron chi connectivity index (χ2n) is 5.16. The standard InChI is InChI=1S/C16H23NO3S/c1-12(16(18)17-9-5-4-6-10-17)21-13-7-8-14(19-2)15(11-13)20-3/h7-8,11-12H,4-6,9-10H2,1-3H3. The third kappa shape index (κ3) is 4.06. The van der Waals surface area contributed by atoms with Crippen LogP contribution in [0, 0.1) is 0 Å². The van der Waals surface area contributed by atoms with Crippen molar-refractivity contribution in [3.8, 4) is 11.5 Å². The lowest BCUT2D eigenvalue weighted by molar-refractivity contribution is -0.131. The summed E-state index contributed by atoms with van der Waals surface area (Å²) in [6.07, 6.45) is 3.49. The van der Waals surface area contributed by atoms with Gasteiger partial charge in [-0.25, -0.2) is 0 Å². The zero-order chi connectivity index (χ0) is 15.2. The van der Waals surface area contributed by atoms with Crippen molar-refractivity contribution >= 4 is 17.7 Å². The molecule has 1 fully saturated rings. The third-order valence-electron chi connectivity index (χ3n) is 3.68. The summed E-state index contributed by atoms with van der Waals surface area (Å²) >= 11 is 1.57. The molecule has 1 unspecified atom stereocenters. The van der Waals surface area contributed by atoms with Gasteiger partial charge in [0.15, 0.2) is 11.5 Å². The van der Waals surface area contributed by atoms with E-state index in [0.717, 1.165) is 30.8 Å². The quantitative estimate of drug-likeness (QED) is 0.783. The average Bonchev–Trinajstić information content (AvgIpc) is 2.54. The van der Waals surface area contributed by atoms with E-state index in [1.807, 2.05) is 30.0 Å². The number of likely N-dealkylation sites (tertiary alicyclic amines) is 1. The second kappa shape index (κ2) is 7.59. The van der Waals surface area contributed by atoms with Crippen molar-refractivity contribution in [2.75, 3.05) is 27.3 Å². The number of methoxy groups -OCH3 is 2. The Morgan fingerprint density at radius 1 is 1.14 bits per heavy atom. The molecule has 116 valence electrons. The van der Waals surface area contributed by atoms with E-state index in [4.69, 9.17) is 9.47 Å². The summed E-state index contributed by atoms with van der Waals surface area (Å²) in [5, 5.41) is -0.0822. The number of ether oxygens (including phenoxy) is 2. The molecular formula is C16H23NO3S. The van der Waals surface area contributed by atoms with Gasteiger partial charge in [0.1, 0.15) is 0 Å². The van der Waals surface area contributed by atoms with Crippen LogP contribution in [0.1, 0.15) is 26.2 Å². The van der Waals surface area contributed by atoms with E-state index in [1.165, 1.54) is 6.42 Å². The maximum atomic E-state index is 12.4. The molecule has 0 spiro atoms. The van der Waals surface area contributed by atoms with Crippen LogP contribution in [0.4, 0.5) is 0 Å². The number of nitrogens with zero attached hydrogens (tertiary/aromatic N) is 1. The Morgan fingerprint density at radius 3 is 2.43 bits per heavy atom. The summed E-state index contributed by atoms with van der Waals surface area (Å²) in [5.74, 6) is 1.63. The molecule has 1 amide bonds. The number of amides is 1. The smallest absolute Gasteiger partial charge is 0.235 e. The lowest BCUT2D eigenvalue weighted by atomic mass is 10.1. The Hall–Kier alpha value is -1.36. The lowest BCUT2D eigenvalue weighted by Crippen LogP contribution is -2.40. The summed E-state index contributed by atoms with van der Waals surface area (Å²) in [7, 11) is 3.24. The molecule has 1 saturated heterocycles. The fraction of sp³-hybridized carbons (Fsp3) is 0.562. The van der Waals surface area contributed by atoms with Crippen molar-refractivity contribution in [2.45, 2.75) is 36.3 Å². The van der Waals surface area contributed by atoms with E-state index in [0.29, 0.717) is 11.5 Å². The van der Waals surface area contributed by atoms with Gasteiger partial charge in [-0.05, 0) is 44.4 Å².